The third-order valence-corrected chi connectivity index (χ3v) is 5.45. The predicted octanol–water partition coefficient (Wildman–Crippen LogP) is 4.65. The molecule has 0 aliphatic heterocycles. The van der Waals surface area contributed by atoms with E-state index in [1.807, 2.05) is 91.0 Å². The molecule has 0 spiro atoms. The van der Waals surface area contributed by atoms with Crippen LogP contribution in [-0.2, 0) is 19.7 Å². The van der Waals surface area contributed by atoms with Crippen LogP contribution in [0.25, 0.3) is 0 Å². The van der Waals surface area contributed by atoms with Crippen molar-refractivity contribution in [2.24, 2.45) is 0 Å². The zero-order valence-electron chi connectivity index (χ0n) is 17.7. The van der Waals surface area contributed by atoms with Crippen LogP contribution in [0.2, 0.25) is 0 Å². The molecule has 0 saturated carbocycles. The standard InChI is InChI=1S/C27H27NO3/c1-3-13-24(26(30)31-2)28-25(29)20-27(21-14-7-4-8-15-21,22-16-9-5-10-17-22)23-18-11-6-12-19-23/h3-12,14-19,24H,1,13,20H2,2H3,(H,28,29)/t24-/m0/s1. The Morgan fingerprint density at radius 2 is 1.29 bits per heavy atom. The van der Waals surface area contributed by atoms with E-state index in [0.29, 0.717) is 6.42 Å². The molecule has 0 aliphatic carbocycles. The lowest BCUT2D eigenvalue weighted by atomic mass is 9.67. The molecule has 0 unspecified atom stereocenters. The maximum absolute atomic E-state index is 13.3. The number of amides is 1. The number of benzene rings is 3. The summed E-state index contributed by atoms with van der Waals surface area (Å²) in [6, 6.07) is 29.2. The number of hydrogen-bond donors (Lipinski definition) is 1. The summed E-state index contributed by atoms with van der Waals surface area (Å²) in [5.41, 5.74) is 2.28. The van der Waals surface area contributed by atoms with E-state index in [0.717, 1.165) is 16.7 Å². The summed E-state index contributed by atoms with van der Waals surface area (Å²) in [6.07, 6.45) is 2.03. The fraction of sp³-hybridized carbons (Fsp3) is 0.185. The molecule has 3 aromatic rings. The number of ether oxygens (including phenoxy) is 1. The molecular formula is C27H27NO3. The van der Waals surface area contributed by atoms with Crippen LogP contribution in [-0.4, -0.2) is 25.0 Å². The highest BCUT2D eigenvalue weighted by atomic mass is 16.5. The average molecular weight is 414 g/mol. The molecule has 1 atom stereocenters. The van der Waals surface area contributed by atoms with Crippen LogP contribution < -0.4 is 5.32 Å². The maximum Gasteiger partial charge on any atom is 0.328 e. The second kappa shape index (κ2) is 10.4. The largest absolute Gasteiger partial charge is 0.467 e. The van der Waals surface area contributed by atoms with Crippen molar-refractivity contribution < 1.29 is 14.3 Å². The summed E-state index contributed by atoms with van der Waals surface area (Å²) in [4.78, 5) is 25.5. The van der Waals surface area contributed by atoms with Gasteiger partial charge in [0.15, 0.2) is 0 Å². The van der Waals surface area contributed by atoms with Gasteiger partial charge in [0.2, 0.25) is 5.91 Å². The first-order valence-corrected chi connectivity index (χ1v) is 10.3. The van der Waals surface area contributed by atoms with Gasteiger partial charge in [-0.1, -0.05) is 97.1 Å². The predicted molar refractivity (Wildman–Crippen MR) is 123 cm³/mol. The fourth-order valence-corrected chi connectivity index (χ4v) is 3.98. The minimum Gasteiger partial charge on any atom is -0.467 e. The summed E-state index contributed by atoms with van der Waals surface area (Å²) < 4.78 is 4.85. The second-order valence-electron chi connectivity index (χ2n) is 7.35. The Bertz CT molecular complexity index is 904. The molecule has 0 heterocycles. The third kappa shape index (κ3) is 4.92. The van der Waals surface area contributed by atoms with E-state index < -0.39 is 17.4 Å². The van der Waals surface area contributed by atoms with E-state index in [1.54, 1.807) is 6.08 Å². The van der Waals surface area contributed by atoms with Gasteiger partial charge in [-0.05, 0) is 23.1 Å². The van der Waals surface area contributed by atoms with Crippen molar-refractivity contribution in [1.29, 1.82) is 0 Å². The van der Waals surface area contributed by atoms with Gasteiger partial charge in [-0.3, -0.25) is 4.79 Å². The first kappa shape index (κ1) is 22.0. The lowest BCUT2D eigenvalue weighted by molar-refractivity contribution is -0.145. The third-order valence-electron chi connectivity index (χ3n) is 5.45. The summed E-state index contributed by atoms with van der Waals surface area (Å²) in [5, 5.41) is 2.85. The molecule has 0 aromatic heterocycles. The van der Waals surface area contributed by atoms with Crippen LogP contribution >= 0.6 is 0 Å². The molecule has 0 fully saturated rings. The summed E-state index contributed by atoms with van der Waals surface area (Å²) in [6.45, 7) is 3.68. The van der Waals surface area contributed by atoms with Crippen molar-refractivity contribution in [2.75, 3.05) is 7.11 Å². The van der Waals surface area contributed by atoms with Crippen molar-refractivity contribution in [3.8, 4) is 0 Å². The molecule has 0 radical (unpaired) electrons. The van der Waals surface area contributed by atoms with Crippen molar-refractivity contribution >= 4 is 11.9 Å². The van der Waals surface area contributed by atoms with Crippen LogP contribution in [0, 0.1) is 0 Å². The molecule has 3 aromatic carbocycles. The Labute approximate surface area is 183 Å². The van der Waals surface area contributed by atoms with Gasteiger partial charge in [0.05, 0.1) is 12.5 Å². The number of esters is 1. The molecule has 3 rings (SSSR count). The molecule has 158 valence electrons. The van der Waals surface area contributed by atoms with Gasteiger partial charge in [-0.15, -0.1) is 6.58 Å². The van der Waals surface area contributed by atoms with Gasteiger partial charge < -0.3 is 10.1 Å². The molecule has 1 N–H and O–H groups in total. The molecule has 0 bridgehead atoms. The van der Waals surface area contributed by atoms with Gasteiger partial charge in [0.25, 0.3) is 0 Å². The lowest BCUT2D eigenvalue weighted by Crippen LogP contribution is -2.44. The zero-order chi connectivity index (χ0) is 22.1. The Balaban J connectivity index is 2.11. The SMILES string of the molecule is C=CC[C@H](NC(=O)CC(c1ccccc1)(c1ccccc1)c1ccccc1)C(=O)OC. The molecular weight excluding hydrogens is 386 g/mol. The molecule has 1 amide bonds. The van der Waals surface area contributed by atoms with Crippen molar-refractivity contribution in [3.05, 3.63) is 120 Å². The second-order valence-corrected chi connectivity index (χ2v) is 7.35. The van der Waals surface area contributed by atoms with Gasteiger partial charge in [-0.2, -0.15) is 0 Å². The minimum atomic E-state index is -0.768. The van der Waals surface area contributed by atoms with Crippen LogP contribution in [0.1, 0.15) is 29.5 Å². The Morgan fingerprint density at radius 1 is 0.871 bits per heavy atom. The Kier molecular flexibility index (Phi) is 7.39. The highest BCUT2D eigenvalue weighted by Crippen LogP contribution is 2.42. The number of carbonyl (C=O) groups excluding carboxylic acids is 2. The maximum atomic E-state index is 13.3. The van der Waals surface area contributed by atoms with Crippen LogP contribution in [0.4, 0.5) is 0 Å². The molecule has 0 saturated heterocycles. The number of hydrogen-bond acceptors (Lipinski definition) is 3. The topological polar surface area (TPSA) is 55.4 Å². The first-order valence-electron chi connectivity index (χ1n) is 10.3. The summed E-state index contributed by atoms with van der Waals surface area (Å²) in [7, 11) is 1.31. The average Bonchev–Trinajstić information content (AvgIpc) is 2.83. The minimum absolute atomic E-state index is 0.135. The highest BCUT2D eigenvalue weighted by molar-refractivity contribution is 5.86. The molecule has 4 nitrogen and oxygen atoms in total. The number of carbonyl (C=O) groups is 2. The van der Waals surface area contributed by atoms with E-state index in [-0.39, 0.29) is 12.3 Å². The van der Waals surface area contributed by atoms with Crippen molar-refractivity contribution in [3.63, 3.8) is 0 Å². The summed E-state index contributed by atoms with van der Waals surface area (Å²) >= 11 is 0. The number of nitrogens with one attached hydrogen (secondary N) is 1. The monoisotopic (exact) mass is 413 g/mol. The summed E-state index contributed by atoms with van der Waals surface area (Å²) in [5.74, 6) is -0.730. The van der Waals surface area contributed by atoms with E-state index in [1.165, 1.54) is 7.11 Å². The highest BCUT2D eigenvalue weighted by Gasteiger charge is 2.39. The van der Waals surface area contributed by atoms with Crippen LogP contribution in [0.15, 0.2) is 104 Å². The van der Waals surface area contributed by atoms with E-state index in [2.05, 4.69) is 11.9 Å². The quantitative estimate of drug-likeness (QED) is 0.316. The van der Waals surface area contributed by atoms with Crippen LogP contribution in [0.5, 0.6) is 0 Å². The Hall–Kier alpha value is -3.66. The van der Waals surface area contributed by atoms with Crippen molar-refractivity contribution in [1.82, 2.24) is 5.32 Å². The fourth-order valence-electron chi connectivity index (χ4n) is 3.98. The van der Waals surface area contributed by atoms with Gasteiger partial charge in [-0.25, -0.2) is 4.79 Å². The van der Waals surface area contributed by atoms with E-state index >= 15 is 0 Å². The van der Waals surface area contributed by atoms with E-state index in [4.69, 9.17) is 4.74 Å². The van der Waals surface area contributed by atoms with Crippen LogP contribution in [0.3, 0.4) is 0 Å². The van der Waals surface area contributed by atoms with Gasteiger partial charge in [0, 0.05) is 6.42 Å². The first-order chi connectivity index (χ1) is 15.1. The van der Waals surface area contributed by atoms with Gasteiger partial charge in [0.1, 0.15) is 6.04 Å². The number of methoxy groups -OCH3 is 1. The van der Waals surface area contributed by atoms with E-state index in [9.17, 15) is 9.59 Å². The van der Waals surface area contributed by atoms with Crippen molar-refractivity contribution in [2.45, 2.75) is 24.3 Å². The Morgan fingerprint density at radius 3 is 1.65 bits per heavy atom. The smallest absolute Gasteiger partial charge is 0.328 e. The lowest BCUT2D eigenvalue weighted by Gasteiger charge is -2.36. The number of rotatable bonds is 9. The molecule has 0 aliphatic rings. The molecule has 4 heteroatoms. The van der Waals surface area contributed by atoms with Gasteiger partial charge >= 0.3 is 5.97 Å². The zero-order valence-corrected chi connectivity index (χ0v) is 17.7. The normalized spacial score (nSPS) is 11.9. The molecule has 31 heavy (non-hydrogen) atoms.